The number of para-hydroxylation sites is 1. The summed E-state index contributed by atoms with van der Waals surface area (Å²) < 4.78 is 20.9. The molecule has 0 spiro atoms. The average molecular weight is 367 g/mol. The number of hydrogen-bond donors (Lipinski definition) is 1. The molecule has 1 aliphatic rings. The number of piperidine rings is 1. The van der Waals surface area contributed by atoms with Crippen LogP contribution in [0.25, 0.3) is 10.9 Å². The first-order valence-corrected chi connectivity index (χ1v) is 9.12. The lowest BCUT2D eigenvalue weighted by molar-refractivity contribution is 0.115. The predicted octanol–water partition coefficient (Wildman–Crippen LogP) is 4.39. The van der Waals surface area contributed by atoms with Gasteiger partial charge in [-0.2, -0.15) is 0 Å². The van der Waals surface area contributed by atoms with Crippen LogP contribution in [0.3, 0.4) is 0 Å². The van der Waals surface area contributed by atoms with E-state index in [2.05, 4.69) is 5.32 Å². The number of urea groups is 1. The number of anilines is 1. The summed E-state index contributed by atoms with van der Waals surface area (Å²) in [5.74, 6) is 0.386. The van der Waals surface area contributed by atoms with Gasteiger partial charge in [-0.15, -0.1) is 0 Å². The summed E-state index contributed by atoms with van der Waals surface area (Å²) in [4.78, 5) is 14.5. The summed E-state index contributed by atoms with van der Waals surface area (Å²) in [5.41, 5.74) is 1.83. The number of benzene rings is 2. The Morgan fingerprint density at radius 1 is 1.11 bits per heavy atom. The molecule has 1 N–H and O–H groups in total. The average Bonchev–Trinajstić information content (AvgIpc) is 3.06. The second-order valence-corrected chi connectivity index (χ2v) is 6.86. The number of aromatic nitrogens is 1. The van der Waals surface area contributed by atoms with Gasteiger partial charge in [0.05, 0.1) is 11.2 Å². The van der Waals surface area contributed by atoms with Gasteiger partial charge in [-0.05, 0) is 36.4 Å². The lowest BCUT2D eigenvalue weighted by Gasteiger charge is -2.32. The van der Waals surface area contributed by atoms with E-state index in [1.807, 2.05) is 47.0 Å². The van der Waals surface area contributed by atoms with Crippen LogP contribution < -0.4 is 10.1 Å². The zero-order chi connectivity index (χ0) is 18.8. The molecule has 0 aliphatic carbocycles. The third-order valence-electron chi connectivity index (χ3n) is 4.98. The van der Waals surface area contributed by atoms with Crippen LogP contribution >= 0.6 is 0 Å². The van der Waals surface area contributed by atoms with Crippen LogP contribution in [0.4, 0.5) is 14.9 Å². The number of likely N-dealkylation sites (tertiary alicyclic amines) is 1. The van der Waals surface area contributed by atoms with Crippen molar-refractivity contribution in [3.05, 3.63) is 60.5 Å². The zero-order valence-electron chi connectivity index (χ0n) is 15.2. The normalized spacial score (nSPS) is 15.1. The van der Waals surface area contributed by atoms with Gasteiger partial charge in [0.15, 0.2) is 0 Å². The van der Waals surface area contributed by atoms with Gasteiger partial charge < -0.3 is 19.5 Å². The Hall–Kier alpha value is -3.02. The van der Waals surface area contributed by atoms with E-state index in [1.165, 1.54) is 12.1 Å². The quantitative estimate of drug-likeness (QED) is 0.746. The molecule has 2 aromatic carbocycles. The highest BCUT2D eigenvalue weighted by molar-refractivity contribution is 6.00. The van der Waals surface area contributed by atoms with Gasteiger partial charge in [-0.3, -0.25) is 0 Å². The van der Waals surface area contributed by atoms with Crippen LogP contribution in [-0.2, 0) is 7.05 Å². The summed E-state index contributed by atoms with van der Waals surface area (Å²) in [6.45, 7) is 1.25. The van der Waals surface area contributed by atoms with Gasteiger partial charge in [0, 0.05) is 44.6 Å². The number of hydrogen-bond acceptors (Lipinski definition) is 2. The molecule has 27 heavy (non-hydrogen) atoms. The summed E-state index contributed by atoms with van der Waals surface area (Å²) >= 11 is 0. The molecule has 0 bridgehead atoms. The molecule has 1 aliphatic heterocycles. The first-order valence-electron chi connectivity index (χ1n) is 9.12. The summed E-state index contributed by atoms with van der Waals surface area (Å²) in [6, 6.07) is 13.9. The fraction of sp³-hybridized carbons (Fsp3) is 0.286. The Balaban J connectivity index is 1.35. The summed E-state index contributed by atoms with van der Waals surface area (Å²) in [5, 5.41) is 4.13. The van der Waals surface area contributed by atoms with Crippen molar-refractivity contribution in [2.45, 2.75) is 18.9 Å². The van der Waals surface area contributed by atoms with Gasteiger partial charge in [0.2, 0.25) is 0 Å². The van der Waals surface area contributed by atoms with E-state index in [0.29, 0.717) is 18.8 Å². The molecule has 1 saturated heterocycles. The highest BCUT2D eigenvalue weighted by atomic mass is 19.1. The predicted molar refractivity (Wildman–Crippen MR) is 104 cm³/mol. The van der Waals surface area contributed by atoms with Crippen molar-refractivity contribution in [1.29, 1.82) is 0 Å². The zero-order valence-corrected chi connectivity index (χ0v) is 15.2. The number of amides is 2. The van der Waals surface area contributed by atoms with E-state index in [4.69, 9.17) is 4.74 Å². The second-order valence-electron chi connectivity index (χ2n) is 6.86. The molecule has 2 amide bonds. The van der Waals surface area contributed by atoms with Crippen molar-refractivity contribution in [3.63, 3.8) is 0 Å². The van der Waals surface area contributed by atoms with Crippen molar-refractivity contribution in [1.82, 2.24) is 9.47 Å². The Bertz CT molecular complexity index is 944. The minimum absolute atomic E-state index is 0.0378. The van der Waals surface area contributed by atoms with Crippen molar-refractivity contribution in [2.24, 2.45) is 7.05 Å². The summed E-state index contributed by atoms with van der Waals surface area (Å²) in [7, 11) is 1.97. The minimum atomic E-state index is -0.276. The van der Waals surface area contributed by atoms with Crippen molar-refractivity contribution in [2.75, 3.05) is 18.4 Å². The fourth-order valence-corrected chi connectivity index (χ4v) is 3.53. The van der Waals surface area contributed by atoms with Crippen LogP contribution in [-0.4, -0.2) is 34.7 Å². The van der Waals surface area contributed by atoms with Crippen LogP contribution in [0.2, 0.25) is 0 Å². The third kappa shape index (κ3) is 3.74. The SMILES string of the molecule is Cn1ccc2cccc(NC(=O)N3CCC(Oc4ccc(F)cc4)CC3)c21. The second kappa shape index (κ2) is 7.31. The smallest absolute Gasteiger partial charge is 0.321 e. The molecule has 0 atom stereocenters. The molecule has 0 saturated carbocycles. The van der Waals surface area contributed by atoms with Crippen LogP contribution in [0.1, 0.15) is 12.8 Å². The standard InChI is InChI=1S/C21H22FN3O2/c1-24-12-9-15-3-2-4-19(20(15)24)23-21(26)25-13-10-18(11-14-25)27-17-7-5-16(22)6-8-17/h2-9,12,18H,10-11,13-14H2,1H3,(H,23,26). The van der Waals surface area contributed by atoms with Crippen LogP contribution in [0.15, 0.2) is 54.7 Å². The number of rotatable bonds is 3. The Morgan fingerprint density at radius 2 is 1.85 bits per heavy atom. The molecule has 5 nitrogen and oxygen atoms in total. The number of nitrogens with zero attached hydrogens (tertiary/aromatic N) is 2. The largest absolute Gasteiger partial charge is 0.490 e. The van der Waals surface area contributed by atoms with Gasteiger partial charge >= 0.3 is 6.03 Å². The highest BCUT2D eigenvalue weighted by Gasteiger charge is 2.24. The van der Waals surface area contributed by atoms with Gasteiger partial charge in [-0.1, -0.05) is 12.1 Å². The molecule has 1 aromatic heterocycles. The number of halogens is 1. The van der Waals surface area contributed by atoms with E-state index in [0.717, 1.165) is 29.4 Å². The molecule has 0 radical (unpaired) electrons. The minimum Gasteiger partial charge on any atom is -0.490 e. The van der Waals surface area contributed by atoms with Crippen LogP contribution in [0.5, 0.6) is 5.75 Å². The molecular weight excluding hydrogens is 345 g/mol. The number of nitrogens with one attached hydrogen (secondary N) is 1. The Labute approximate surface area is 157 Å². The number of carbonyl (C=O) groups is 1. The van der Waals surface area contributed by atoms with E-state index in [-0.39, 0.29) is 18.0 Å². The molecular formula is C21H22FN3O2. The number of ether oxygens (including phenoxy) is 1. The Kier molecular flexibility index (Phi) is 4.71. The molecule has 0 unspecified atom stereocenters. The summed E-state index contributed by atoms with van der Waals surface area (Å²) in [6.07, 6.45) is 3.52. The number of fused-ring (bicyclic) bond motifs is 1. The molecule has 6 heteroatoms. The van der Waals surface area contributed by atoms with Crippen molar-refractivity contribution < 1.29 is 13.9 Å². The van der Waals surface area contributed by atoms with Crippen molar-refractivity contribution >= 4 is 22.6 Å². The highest BCUT2D eigenvalue weighted by Crippen LogP contribution is 2.25. The fourth-order valence-electron chi connectivity index (χ4n) is 3.53. The third-order valence-corrected chi connectivity index (χ3v) is 4.98. The maximum Gasteiger partial charge on any atom is 0.321 e. The lowest BCUT2D eigenvalue weighted by atomic mass is 10.1. The molecule has 3 aromatic rings. The maximum absolute atomic E-state index is 13.0. The van der Waals surface area contributed by atoms with Crippen molar-refractivity contribution in [3.8, 4) is 5.75 Å². The first kappa shape index (κ1) is 17.4. The van der Waals surface area contributed by atoms with E-state index < -0.39 is 0 Å². The molecule has 4 rings (SSSR count). The molecule has 140 valence electrons. The van der Waals surface area contributed by atoms with Crippen LogP contribution in [0, 0.1) is 5.82 Å². The topological polar surface area (TPSA) is 46.5 Å². The maximum atomic E-state index is 13.0. The molecule has 2 heterocycles. The number of aryl methyl sites for hydroxylation is 1. The van der Waals surface area contributed by atoms with E-state index in [9.17, 15) is 9.18 Å². The lowest BCUT2D eigenvalue weighted by Crippen LogP contribution is -2.43. The molecule has 1 fully saturated rings. The number of carbonyl (C=O) groups excluding carboxylic acids is 1. The monoisotopic (exact) mass is 367 g/mol. The van der Waals surface area contributed by atoms with Gasteiger partial charge in [0.1, 0.15) is 17.7 Å². The van der Waals surface area contributed by atoms with Gasteiger partial charge in [-0.25, -0.2) is 9.18 Å². The van der Waals surface area contributed by atoms with E-state index in [1.54, 1.807) is 12.1 Å². The van der Waals surface area contributed by atoms with Gasteiger partial charge in [0.25, 0.3) is 0 Å². The van der Waals surface area contributed by atoms with E-state index >= 15 is 0 Å². The Morgan fingerprint density at radius 3 is 2.59 bits per heavy atom. The first-order chi connectivity index (χ1) is 13.1.